The molecule has 0 radical (unpaired) electrons. The van der Waals surface area contributed by atoms with Crippen molar-refractivity contribution in [3.63, 3.8) is 0 Å². The number of hydrogen-bond acceptors (Lipinski definition) is 3. The van der Waals surface area contributed by atoms with E-state index in [0.29, 0.717) is 6.42 Å². The number of rotatable bonds is 3. The molecule has 1 saturated heterocycles. The van der Waals surface area contributed by atoms with E-state index in [1.54, 1.807) is 12.1 Å². The second-order valence-corrected chi connectivity index (χ2v) is 7.48. The number of aliphatic hydroxyl groups excluding tert-OH is 1. The molecule has 27 heavy (non-hydrogen) atoms. The molecule has 3 atom stereocenters. The second-order valence-electron chi connectivity index (χ2n) is 7.48. The van der Waals surface area contributed by atoms with Crippen LogP contribution in [0, 0.1) is 11.7 Å². The van der Waals surface area contributed by atoms with Crippen molar-refractivity contribution in [3.05, 3.63) is 53.8 Å². The van der Waals surface area contributed by atoms with E-state index in [9.17, 15) is 14.3 Å². The number of nitrogens with zero attached hydrogens (tertiary/aromatic N) is 2. The van der Waals surface area contributed by atoms with Crippen LogP contribution in [-0.4, -0.2) is 42.2 Å². The predicted octanol–water partition coefficient (Wildman–Crippen LogP) is 3.60. The molecule has 1 amide bonds. The molecule has 0 saturated carbocycles. The van der Waals surface area contributed by atoms with Gasteiger partial charge in [-0.05, 0) is 47.4 Å². The Morgan fingerprint density at radius 3 is 2.56 bits per heavy atom. The molecule has 0 aromatic heterocycles. The SMILES string of the molecule is CCC(=O)N1CC[C@@H]2[C@H]1c1cc(-c3ccc(F)cc3)ccc1N(C)[C@@H]2CO. The smallest absolute Gasteiger partial charge is 0.222 e. The summed E-state index contributed by atoms with van der Waals surface area (Å²) < 4.78 is 13.3. The summed E-state index contributed by atoms with van der Waals surface area (Å²) in [5.74, 6) is 0.117. The summed E-state index contributed by atoms with van der Waals surface area (Å²) in [5, 5.41) is 9.99. The third kappa shape index (κ3) is 2.90. The summed E-state index contributed by atoms with van der Waals surface area (Å²) in [6, 6.07) is 12.7. The first-order valence-corrected chi connectivity index (χ1v) is 9.58. The predicted molar refractivity (Wildman–Crippen MR) is 104 cm³/mol. The number of likely N-dealkylation sites (N-methyl/N-ethyl adjacent to an activating group) is 1. The highest BCUT2D eigenvalue weighted by atomic mass is 19.1. The average Bonchev–Trinajstić information content (AvgIpc) is 3.13. The van der Waals surface area contributed by atoms with Gasteiger partial charge in [0.1, 0.15) is 5.82 Å². The lowest BCUT2D eigenvalue weighted by molar-refractivity contribution is -0.132. The fraction of sp³-hybridized carbons (Fsp3) is 0.409. The van der Waals surface area contributed by atoms with Gasteiger partial charge in [-0.1, -0.05) is 25.1 Å². The monoisotopic (exact) mass is 368 g/mol. The van der Waals surface area contributed by atoms with Crippen molar-refractivity contribution in [3.8, 4) is 11.1 Å². The van der Waals surface area contributed by atoms with E-state index in [1.165, 1.54) is 12.1 Å². The van der Waals surface area contributed by atoms with E-state index in [-0.39, 0.29) is 36.3 Å². The Kier molecular flexibility index (Phi) is 4.64. The third-order valence-corrected chi connectivity index (χ3v) is 6.15. The second kappa shape index (κ2) is 6.97. The number of fused-ring (bicyclic) bond motifs is 3. The lowest BCUT2D eigenvalue weighted by Gasteiger charge is -2.44. The minimum atomic E-state index is -0.252. The van der Waals surface area contributed by atoms with Crippen LogP contribution in [0.5, 0.6) is 0 Å². The van der Waals surface area contributed by atoms with Crippen LogP contribution in [0.4, 0.5) is 10.1 Å². The van der Waals surface area contributed by atoms with Crippen molar-refractivity contribution in [1.82, 2.24) is 4.90 Å². The first-order chi connectivity index (χ1) is 13.0. The zero-order chi connectivity index (χ0) is 19.1. The fourth-order valence-corrected chi connectivity index (χ4v) is 4.76. The van der Waals surface area contributed by atoms with Crippen LogP contribution >= 0.6 is 0 Å². The number of hydrogen-bond donors (Lipinski definition) is 1. The summed E-state index contributed by atoms with van der Waals surface area (Å²) in [6.07, 6.45) is 1.38. The highest BCUT2D eigenvalue weighted by Gasteiger charge is 2.47. The van der Waals surface area contributed by atoms with Gasteiger partial charge in [0.2, 0.25) is 5.91 Å². The molecular weight excluding hydrogens is 343 g/mol. The third-order valence-electron chi connectivity index (χ3n) is 6.15. The zero-order valence-corrected chi connectivity index (χ0v) is 15.7. The van der Waals surface area contributed by atoms with Gasteiger partial charge in [0.25, 0.3) is 0 Å². The molecule has 0 aliphatic carbocycles. The van der Waals surface area contributed by atoms with Crippen LogP contribution in [0.25, 0.3) is 11.1 Å². The van der Waals surface area contributed by atoms with Crippen LogP contribution in [0.3, 0.4) is 0 Å². The van der Waals surface area contributed by atoms with Crippen molar-refractivity contribution in [2.45, 2.75) is 31.8 Å². The van der Waals surface area contributed by atoms with Gasteiger partial charge in [-0.15, -0.1) is 0 Å². The Balaban J connectivity index is 1.82. The molecule has 2 aliphatic rings. The summed E-state index contributed by atoms with van der Waals surface area (Å²) in [6.45, 7) is 2.70. The summed E-state index contributed by atoms with van der Waals surface area (Å²) in [7, 11) is 2.01. The molecule has 2 aliphatic heterocycles. The molecule has 2 heterocycles. The van der Waals surface area contributed by atoms with Gasteiger partial charge in [0, 0.05) is 31.6 Å². The molecule has 0 bridgehead atoms. The van der Waals surface area contributed by atoms with E-state index in [4.69, 9.17) is 0 Å². The normalized spacial score (nSPS) is 23.9. The van der Waals surface area contributed by atoms with Crippen LogP contribution in [0.2, 0.25) is 0 Å². The number of amides is 1. The van der Waals surface area contributed by atoms with Crippen molar-refractivity contribution in [2.75, 3.05) is 25.1 Å². The highest BCUT2D eigenvalue weighted by Crippen LogP contribution is 2.49. The van der Waals surface area contributed by atoms with Gasteiger partial charge < -0.3 is 14.9 Å². The number of anilines is 1. The lowest BCUT2D eigenvalue weighted by Crippen LogP contribution is -2.48. The molecule has 1 fully saturated rings. The minimum absolute atomic E-state index is 0.00817. The Labute approximate surface area is 159 Å². The standard InChI is InChI=1S/C22H25FN2O2/c1-3-21(27)25-11-10-17-20(13-26)24(2)19-9-6-15(12-18(19)22(17)25)14-4-7-16(23)8-5-14/h4-9,12,17,20,22,26H,3,10-11,13H2,1-2H3/t17-,20+,22-/m0/s1. The van der Waals surface area contributed by atoms with Crippen molar-refractivity contribution in [2.24, 2.45) is 5.92 Å². The van der Waals surface area contributed by atoms with E-state index in [1.807, 2.05) is 24.9 Å². The van der Waals surface area contributed by atoms with E-state index < -0.39 is 0 Å². The van der Waals surface area contributed by atoms with Crippen LogP contribution in [0.15, 0.2) is 42.5 Å². The first kappa shape index (κ1) is 18.0. The quantitative estimate of drug-likeness (QED) is 0.900. The zero-order valence-electron chi connectivity index (χ0n) is 15.7. The van der Waals surface area contributed by atoms with Crippen LogP contribution in [-0.2, 0) is 4.79 Å². The van der Waals surface area contributed by atoms with Gasteiger partial charge in [0.15, 0.2) is 0 Å². The number of aliphatic hydroxyl groups is 1. The molecule has 5 heteroatoms. The van der Waals surface area contributed by atoms with Gasteiger partial charge in [-0.2, -0.15) is 0 Å². The highest BCUT2D eigenvalue weighted by molar-refractivity contribution is 5.78. The van der Waals surface area contributed by atoms with Gasteiger partial charge in [-0.3, -0.25) is 4.79 Å². The van der Waals surface area contributed by atoms with Gasteiger partial charge >= 0.3 is 0 Å². The molecule has 4 nitrogen and oxygen atoms in total. The maximum atomic E-state index is 13.3. The Bertz CT molecular complexity index is 852. The lowest BCUT2D eigenvalue weighted by atomic mass is 9.81. The van der Waals surface area contributed by atoms with E-state index in [2.05, 4.69) is 17.0 Å². The molecule has 0 unspecified atom stereocenters. The van der Waals surface area contributed by atoms with Crippen molar-refractivity contribution in [1.29, 1.82) is 0 Å². The van der Waals surface area contributed by atoms with Crippen LogP contribution in [0.1, 0.15) is 31.4 Å². The molecule has 4 rings (SSSR count). The fourth-order valence-electron chi connectivity index (χ4n) is 4.76. The van der Waals surface area contributed by atoms with E-state index in [0.717, 1.165) is 35.3 Å². The Morgan fingerprint density at radius 2 is 1.89 bits per heavy atom. The maximum absolute atomic E-state index is 13.3. The van der Waals surface area contributed by atoms with Crippen molar-refractivity contribution < 1.29 is 14.3 Å². The first-order valence-electron chi connectivity index (χ1n) is 9.58. The maximum Gasteiger partial charge on any atom is 0.222 e. The average molecular weight is 368 g/mol. The number of halogens is 1. The Morgan fingerprint density at radius 1 is 1.19 bits per heavy atom. The summed E-state index contributed by atoms with van der Waals surface area (Å²) >= 11 is 0. The molecular formula is C22H25FN2O2. The number of carbonyl (C=O) groups is 1. The molecule has 1 N–H and O–H groups in total. The summed E-state index contributed by atoms with van der Waals surface area (Å²) in [4.78, 5) is 16.7. The molecule has 142 valence electrons. The van der Waals surface area contributed by atoms with Gasteiger partial charge in [-0.25, -0.2) is 4.39 Å². The number of carbonyl (C=O) groups excluding carboxylic acids is 1. The molecule has 0 spiro atoms. The number of benzene rings is 2. The minimum Gasteiger partial charge on any atom is -0.394 e. The Hall–Kier alpha value is -2.40. The summed E-state index contributed by atoms with van der Waals surface area (Å²) in [5.41, 5.74) is 4.14. The van der Waals surface area contributed by atoms with Crippen LogP contribution < -0.4 is 4.90 Å². The molecule has 2 aromatic rings. The number of likely N-dealkylation sites (tertiary alicyclic amines) is 1. The largest absolute Gasteiger partial charge is 0.394 e. The van der Waals surface area contributed by atoms with Crippen molar-refractivity contribution >= 4 is 11.6 Å². The topological polar surface area (TPSA) is 43.8 Å². The van der Waals surface area contributed by atoms with Gasteiger partial charge in [0.05, 0.1) is 18.7 Å². The molecule has 2 aromatic carbocycles. The van der Waals surface area contributed by atoms with E-state index >= 15 is 0 Å².